The molecule has 1 aliphatic rings. The summed E-state index contributed by atoms with van der Waals surface area (Å²) in [5.41, 5.74) is 0.619. The summed E-state index contributed by atoms with van der Waals surface area (Å²) in [5, 5.41) is 3.32. The van der Waals surface area contributed by atoms with E-state index >= 15 is 0 Å². The summed E-state index contributed by atoms with van der Waals surface area (Å²) >= 11 is 0. The quantitative estimate of drug-likeness (QED) is 0.693. The molecule has 1 N–H and O–H groups in total. The third-order valence-corrected chi connectivity index (χ3v) is 2.42. The Kier molecular flexibility index (Phi) is 3.97. The van der Waals surface area contributed by atoms with E-state index in [0.29, 0.717) is 13.1 Å². The van der Waals surface area contributed by atoms with Crippen LogP contribution in [0.2, 0.25) is 0 Å². The predicted octanol–water partition coefficient (Wildman–Crippen LogP) is 1.77. The molecule has 1 atom stereocenters. The highest BCUT2D eigenvalue weighted by molar-refractivity contribution is 5.68. The van der Waals surface area contributed by atoms with Gasteiger partial charge in [-0.15, -0.1) is 0 Å². The maximum Gasteiger partial charge on any atom is 0.410 e. The number of hydrogen-bond acceptors (Lipinski definition) is 3. The molecule has 0 aromatic rings. The molecule has 1 heterocycles. The molecule has 0 spiro atoms. The van der Waals surface area contributed by atoms with Crippen molar-refractivity contribution in [3.63, 3.8) is 0 Å². The fourth-order valence-electron chi connectivity index (χ4n) is 1.57. The molecule has 4 heteroatoms. The average Bonchev–Trinajstić information content (AvgIpc) is 2.15. The molecule has 0 aromatic heterocycles. The van der Waals surface area contributed by atoms with E-state index < -0.39 is 5.60 Å². The van der Waals surface area contributed by atoms with Crippen LogP contribution in [-0.2, 0) is 4.74 Å². The van der Waals surface area contributed by atoms with Crippen LogP contribution < -0.4 is 5.32 Å². The maximum atomic E-state index is 11.8. The molecule has 0 aliphatic carbocycles. The van der Waals surface area contributed by atoms with E-state index in [4.69, 9.17) is 4.74 Å². The largest absolute Gasteiger partial charge is 0.444 e. The lowest BCUT2D eigenvalue weighted by Crippen LogP contribution is -2.53. The van der Waals surface area contributed by atoms with Gasteiger partial charge in [-0.2, -0.15) is 0 Å². The smallest absolute Gasteiger partial charge is 0.410 e. The van der Waals surface area contributed by atoms with Crippen molar-refractivity contribution in [2.75, 3.05) is 19.6 Å². The van der Waals surface area contributed by atoms with Gasteiger partial charge >= 0.3 is 6.09 Å². The predicted molar refractivity (Wildman–Crippen MR) is 64.4 cm³/mol. The lowest BCUT2D eigenvalue weighted by atomic mass is 10.1. The van der Waals surface area contributed by atoms with Gasteiger partial charge in [0.1, 0.15) is 5.60 Å². The summed E-state index contributed by atoms with van der Waals surface area (Å²) in [7, 11) is 0. The van der Waals surface area contributed by atoms with Crippen LogP contribution in [0.3, 0.4) is 0 Å². The van der Waals surface area contributed by atoms with Crippen LogP contribution in [0.1, 0.15) is 27.7 Å². The number of nitrogens with one attached hydrogen (secondary N) is 1. The molecule has 1 unspecified atom stereocenters. The number of rotatable bonds is 1. The first kappa shape index (κ1) is 13.0. The molecule has 1 fully saturated rings. The molecule has 1 aliphatic heterocycles. The van der Waals surface area contributed by atoms with E-state index in [9.17, 15) is 4.79 Å². The summed E-state index contributed by atoms with van der Waals surface area (Å²) in [6.07, 6.45) is -0.236. The number of nitrogens with zero attached hydrogens (tertiary/aromatic N) is 1. The second-order valence-corrected chi connectivity index (χ2v) is 5.28. The highest BCUT2D eigenvalue weighted by Gasteiger charge is 2.27. The topological polar surface area (TPSA) is 41.6 Å². The van der Waals surface area contributed by atoms with Crippen molar-refractivity contribution in [2.24, 2.45) is 0 Å². The van der Waals surface area contributed by atoms with Crippen LogP contribution in [-0.4, -0.2) is 42.3 Å². The van der Waals surface area contributed by atoms with E-state index in [-0.39, 0.29) is 12.1 Å². The molecule has 92 valence electrons. The second kappa shape index (κ2) is 4.87. The maximum absolute atomic E-state index is 11.8. The summed E-state index contributed by atoms with van der Waals surface area (Å²) in [4.78, 5) is 13.6. The highest BCUT2D eigenvalue weighted by atomic mass is 16.6. The first-order valence-electron chi connectivity index (χ1n) is 5.66. The van der Waals surface area contributed by atoms with Gasteiger partial charge in [-0.05, 0) is 27.7 Å². The molecular formula is C12H22N2O2. The number of ether oxygens (including phenoxy) is 1. The zero-order valence-corrected chi connectivity index (χ0v) is 10.7. The van der Waals surface area contributed by atoms with Crippen molar-refractivity contribution >= 4 is 6.09 Å². The van der Waals surface area contributed by atoms with Crippen molar-refractivity contribution < 1.29 is 9.53 Å². The number of piperazine rings is 1. The summed E-state index contributed by atoms with van der Waals surface area (Å²) in [6.45, 7) is 13.6. The van der Waals surface area contributed by atoms with Gasteiger partial charge < -0.3 is 15.0 Å². The lowest BCUT2D eigenvalue weighted by Gasteiger charge is -2.35. The van der Waals surface area contributed by atoms with Crippen LogP contribution >= 0.6 is 0 Å². The van der Waals surface area contributed by atoms with Gasteiger partial charge in [0.05, 0.1) is 0 Å². The van der Waals surface area contributed by atoms with Crippen LogP contribution in [0, 0.1) is 0 Å². The van der Waals surface area contributed by atoms with Crippen LogP contribution in [0.15, 0.2) is 12.2 Å². The monoisotopic (exact) mass is 226 g/mol. The Morgan fingerprint density at radius 1 is 1.50 bits per heavy atom. The van der Waals surface area contributed by atoms with Crippen molar-refractivity contribution in [3.05, 3.63) is 12.2 Å². The van der Waals surface area contributed by atoms with Gasteiger partial charge in [0, 0.05) is 25.7 Å². The minimum absolute atomic E-state index is 0.182. The minimum atomic E-state index is -0.430. The van der Waals surface area contributed by atoms with Crippen LogP contribution in [0.4, 0.5) is 4.79 Å². The second-order valence-electron chi connectivity index (χ2n) is 5.28. The molecule has 0 bridgehead atoms. The van der Waals surface area contributed by atoms with Crippen molar-refractivity contribution in [1.82, 2.24) is 10.2 Å². The number of carbonyl (C=O) groups is 1. The first-order chi connectivity index (χ1) is 7.29. The molecule has 0 aromatic carbocycles. The van der Waals surface area contributed by atoms with E-state index in [2.05, 4.69) is 11.9 Å². The number of amides is 1. The molecule has 1 amide bonds. The molecule has 1 saturated heterocycles. The van der Waals surface area contributed by atoms with Crippen LogP contribution in [0.25, 0.3) is 0 Å². The molecular weight excluding hydrogens is 204 g/mol. The third kappa shape index (κ3) is 3.85. The van der Waals surface area contributed by atoms with E-state index in [1.165, 1.54) is 0 Å². The summed E-state index contributed by atoms with van der Waals surface area (Å²) in [6, 6.07) is 0.182. The van der Waals surface area contributed by atoms with E-state index in [1.807, 2.05) is 27.7 Å². The number of hydrogen-bond donors (Lipinski definition) is 1. The zero-order valence-electron chi connectivity index (χ0n) is 10.7. The Morgan fingerprint density at radius 3 is 2.62 bits per heavy atom. The lowest BCUT2D eigenvalue weighted by molar-refractivity contribution is 0.0207. The Bertz CT molecular complexity index is 281. The van der Waals surface area contributed by atoms with Crippen molar-refractivity contribution in [2.45, 2.75) is 39.3 Å². The highest BCUT2D eigenvalue weighted by Crippen LogP contribution is 2.13. The standard InChI is InChI=1S/C12H22N2O2/c1-9(2)10-8-14(7-6-13-10)11(15)16-12(3,4)5/h10,13H,1,6-8H2,2-5H3. The zero-order chi connectivity index (χ0) is 12.3. The Balaban J connectivity index is 2.54. The summed E-state index contributed by atoms with van der Waals surface area (Å²) < 4.78 is 5.33. The summed E-state index contributed by atoms with van der Waals surface area (Å²) in [5.74, 6) is 0. The van der Waals surface area contributed by atoms with Gasteiger partial charge in [-0.3, -0.25) is 0 Å². The van der Waals surface area contributed by atoms with Gasteiger partial charge in [0.15, 0.2) is 0 Å². The molecule has 0 radical (unpaired) electrons. The minimum Gasteiger partial charge on any atom is -0.444 e. The van der Waals surface area contributed by atoms with Gasteiger partial charge in [0.25, 0.3) is 0 Å². The van der Waals surface area contributed by atoms with Gasteiger partial charge in [-0.1, -0.05) is 12.2 Å². The van der Waals surface area contributed by atoms with E-state index in [1.54, 1.807) is 4.90 Å². The number of carbonyl (C=O) groups excluding carboxylic acids is 1. The normalized spacial score (nSPS) is 21.8. The third-order valence-electron chi connectivity index (χ3n) is 2.42. The Morgan fingerprint density at radius 2 is 2.12 bits per heavy atom. The average molecular weight is 226 g/mol. The molecule has 1 rings (SSSR count). The Hall–Kier alpha value is -1.03. The van der Waals surface area contributed by atoms with Crippen molar-refractivity contribution in [3.8, 4) is 0 Å². The fourth-order valence-corrected chi connectivity index (χ4v) is 1.57. The van der Waals surface area contributed by atoms with Crippen LogP contribution in [0.5, 0.6) is 0 Å². The SMILES string of the molecule is C=C(C)C1CN(C(=O)OC(C)(C)C)CCN1. The fraction of sp³-hybridized carbons (Fsp3) is 0.750. The van der Waals surface area contributed by atoms with E-state index in [0.717, 1.165) is 12.1 Å². The van der Waals surface area contributed by atoms with Gasteiger partial charge in [-0.25, -0.2) is 4.79 Å². The first-order valence-corrected chi connectivity index (χ1v) is 5.66. The van der Waals surface area contributed by atoms with Gasteiger partial charge in [0.2, 0.25) is 0 Å². The Labute approximate surface area is 97.6 Å². The van der Waals surface area contributed by atoms with Crippen molar-refractivity contribution in [1.29, 1.82) is 0 Å². The molecule has 4 nitrogen and oxygen atoms in total. The molecule has 16 heavy (non-hydrogen) atoms. The molecule has 0 saturated carbocycles.